The van der Waals surface area contributed by atoms with E-state index in [1.54, 1.807) is 6.07 Å². The van der Waals surface area contributed by atoms with Crippen molar-refractivity contribution in [3.8, 4) is 0 Å². The topological polar surface area (TPSA) is 98.3 Å². The summed E-state index contributed by atoms with van der Waals surface area (Å²) in [5, 5.41) is 10.8. The molecule has 0 unspecified atom stereocenters. The van der Waals surface area contributed by atoms with Crippen molar-refractivity contribution in [2.24, 2.45) is 0 Å². The van der Waals surface area contributed by atoms with Crippen molar-refractivity contribution in [2.45, 2.75) is 0 Å². The largest absolute Gasteiger partial charge is 0.308 e. The molecule has 8 nitrogen and oxygen atoms in total. The zero-order valence-electron chi connectivity index (χ0n) is 12.0. The van der Waals surface area contributed by atoms with Crippen LogP contribution in [0.3, 0.4) is 0 Å². The van der Waals surface area contributed by atoms with Gasteiger partial charge >= 0.3 is 10.2 Å². The van der Waals surface area contributed by atoms with E-state index < -0.39 is 15.1 Å². The first-order valence-electron chi connectivity index (χ1n) is 6.14. The average molecular weight is 322 g/mol. The first kappa shape index (κ1) is 15.9. The molecule has 0 saturated carbocycles. The Balaban J connectivity index is 2.38. The Morgan fingerprint density at radius 2 is 2.09 bits per heavy atom. The second kappa shape index (κ2) is 5.70. The van der Waals surface area contributed by atoms with Crippen molar-refractivity contribution in [3.05, 3.63) is 64.7 Å². The van der Waals surface area contributed by atoms with E-state index in [4.69, 9.17) is 0 Å². The Labute approximate surface area is 127 Å². The molecule has 2 rings (SSSR count). The molecule has 0 fully saturated rings. The highest BCUT2D eigenvalue weighted by Crippen LogP contribution is 2.24. The molecule has 116 valence electrons. The van der Waals surface area contributed by atoms with Crippen LogP contribution in [0.5, 0.6) is 0 Å². The fourth-order valence-corrected chi connectivity index (χ4v) is 2.51. The number of nitro benzene ring substituents is 1. The van der Waals surface area contributed by atoms with Crippen LogP contribution in [0.4, 0.5) is 5.69 Å². The Bertz CT molecular complexity index is 839. The van der Waals surface area contributed by atoms with Gasteiger partial charge in [-0.15, -0.1) is 0 Å². The molecule has 0 atom stereocenters. The van der Waals surface area contributed by atoms with E-state index in [-0.39, 0.29) is 5.69 Å². The van der Waals surface area contributed by atoms with Crippen LogP contribution in [0.1, 0.15) is 11.3 Å². The van der Waals surface area contributed by atoms with E-state index in [0.29, 0.717) is 16.8 Å². The number of hydrogen-bond donors (Lipinski definition) is 0. The number of hydrogen-bond acceptors (Lipinski definition) is 5. The van der Waals surface area contributed by atoms with Crippen molar-refractivity contribution in [1.82, 2.24) is 13.3 Å². The summed E-state index contributed by atoms with van der Waals surface area (Å²) < 4.78 is 26.0. The van der Waals surface area contributed by atoms with Crippen LogP contribution in [-0.2, 0) is 10.2 Å². The quantitative estimate of drug-likeness (QED) is 0.614. The molecule has 0 aliphatic carbocycles. The van der Waals surface area contributed by atoms with Gasteiger partial charge in [0, 0.05) is 38.0 Å². The lowest BCUT2D eigenvalue weighted by Gasteiger charge is -2.10. The normalized spacial score (nSPS) is 11.6. The zero-order valence-corrected chi connectivity index (χ0v) is 12.8. The highest BCUT2D eigenvalue weighted by Gasteiger charge is 2.18. The number of aromatic nitrogens is 2. The number of nitrogens with zero attached hydrogens (tertiary/aromatic N) is 4. The van der Waals surface area contributed by atoms with Crippen molar-refractivity contribution < 1.29 is 13.3 Å². The van der Waals surface area contributed by atoms with Crippen LogP contribution in [0, 0.1) is 10.1 Å². The molecule has 0 radical (unpaired) electrons. The molecule has 9 heteroatoms. The Kier molecular flexibility index (Phi) is 4.11. The number of imidazole rings is 1. The fourth-order valence-electron chi connectivity index (χ4n) is 1.73. The lowest BCUT2D eigenvalue weighted by molar-refractivity contribution is -0.384. The van der Waals surface area contributed by atoms with Crippen molar-refractivity contribution in [1.29, 1.82) is 0 Å². The van der Waals surface area contributed by atoms with E-state index in [9.17, 15) is 18.5 Å². The summed E-state index contributed by atoms with van der Waals surface area (Å²) in [6.45, 7) is 3.83. The van der Waals surface area contributed by atoms with Crippen molar-refractivity contribution in [3.63, 3.8) is 0 Å². The summed E-state index contributed by atoms with van der Waals surface area (Å²) in [6, 6.07) is 5.91. The van der Waals surface area contributed by atoms with Gasteiger partial charge in [0.25, 0.3) is 5.69 Å². The molecule has 0 N–H and O–H groups in total. The Hall–Kier alpha value is -2.52. The van der Waals surface area contributed by atoms with Gasteiger partial charge in [0.2, 0.25) is 0 Å². The van der Waals surface area contributed by atoms with Crippen LogP contribution in [-0.4, -0.2) is 40.7 Å². The number of rotatable bonds is 5. The van der Waals surface area contributed by atoms with Crippen molar-refractivity contribution in [2.75, 3.05) is 14.1 Å². The van der Waals surface area contributed by atoms with Crippen LogP contribution >= 0.6 is 0 Å². The monoisotopic (exact) mass is 322 g/mol. The summed E-state index contributed by atoms with van der Waals surface area (Å²) in [5.41, 5.74) is 1.16. The fraction of sp³-hybridized carbons (Fsp3) is 0.154. The molecular formula is C13H14N4O4S. The minimum absolute atomic E-state index is 0.0704. The summed E-state index contributed by atoms with van der Waals surface area (Å²) in [7, 11) is -0.841. The van der Waals surface area contributed by atoms with E-state index in [2.05, 4.69) is 11.6 Å². The van der Waals surface area contributed by atoms with Gasteiger partial charge in [0.05, 0.1) is 10.6 Å². The summed E-state index contributed by atoms with van der Waals surface area (Å²) in [4.78, 5) is 14.3. The van der Waals surface area contributed by atoms with Gasteiger partial charge in [-0.05, 0) is 5.56 Å². The number of non-ortho nitro benzene ring substituents is 1. The van der Waals surface area contributed by atoms with Gasteiger partial charge in [0.1, 0.15) is 6.33 Å². The molecular weight excluding hydrogens is 308 g/mol. The molecule has 0 saturated heterocycles. The van der Waals surface area contributed by atoms with Crippen LogP contribution in [0.25, 0.3) is 5.57 Å². The third kappa shape index (κ3) is 2.90. The molecule has 1 aromatic carbocycles. The minimum atomic E-state index is -3.66. The molecule has 0 amide bonds. The maximum atomic E-state index is 12.0. The lowest BCUT2D eigenvalue weighted by Crippen LogP contribution is -2.27. The first-order valence-corrected chi connectivity index (χ1v) is 7.54. The predicted molar refractivity (Wildman–Crippen MR) is 81.5 cm³/mol. The predicted octanol–water partition coefficient (Wildman–Crippen LogP) is 1.51. The zero-order chi connectivity index (χ0) is 16.5. The Morgan fingerprint density at radius 3 is 2.68 bits per heavy atom. The van der Waals surface area contributed by atoms with E-state index in [0.717, 1.165) is 14.6 Å². The summed E-state index contributed by atoms with van der Waals surface area (Å²) >= 11 is 0. The van der Waals surface area contributed by atoms with Gasteiger partial charge in [0.15, 0.2) is 0 Å². The van der Waals surface area contributed by atoms with Crippen molar-refractivity contribution >= 4 is 21.5 Å². The molecule has 2 aromatic rings. The van der Waals surface area contributed by atoms with Gasteiger partial charge < -0.3 is 0 Å². The van der Waals surface area contributed by atoms with Gasteiger partial charge in [-0.3, -0.25) is 10.1 Å². The number of nitro groups is 1. The summed E-state index contributed by atoms with van der Waals surface area (Å²) in [6.07, 6.45) is 2.48. The number of benzene rings is 1. The van der Waals surface area contributed by atoms with Gasteiger partial charge in [-0.2, -0.15) is 12.7 Å². The van der Waals surface area contributed by atoms with Crippen LogP contribution in [0.15, 0.2) is 43.4 Å². The van der Waals surface area contributed by atoms with E-state index in [1.807, 2.05) is 0 Å². The van der Waals surface area contributed by atoms with Gasteiger partial charge in [-0.25, -0.2) is 8.96 Å². The first-order chi connectivity index (χ1) is 10.2. The standard InChI is InChI=1S/C13H14N4O4S/c1-10(11-5-4-6-12(7-11)17(18)19)13-8-16(9-14-13)22(20,21)15(2)3/h4-9H,1H2,2-3H3. The third-order valence-corrected chi connectivity index (χ3v) is 4.66. The molecule has 22 heavy (non-hydrogen) atoms. The second-order valence-electron chi connectivity index (χ2n) is 4.66. The SMILES string of the molecule is C=C(c1cccc([N+](=O)[O-])c1)c1cn(S(=O)(=O)N(C)C)cn1. The average Bonchev–Trinajstić information content (AvgIpc) is 2.96. The van der Waals surface area contributed by atoms with Crippen LogP contribution < -0.4 is 0 Å². The lowest BCUT2D eigenvalue weighted by atomic mass is 10.0. The maximum absolute atomic E-state index is 12.0. The minimum Gasteiger partial charge on any atom is -0.258 e. The van der Waals surface area contributed by atoms with Gasteiger partial charge in [-0.1, -0.05) is 18.7 Å². The molecule has 0 aliphatic rings. The molecule has 0 bridgehead atoms. The smallest absolute Gasteiger partial charge is 0.258 e. The highest BCUT2D eigenvalue weighted by atomic mass is 32.2. The highest BCUT2D eigenvalue weighted by molar-refractivity contribution is 7.87. The van der Waals surface area contributed by atoms with E-state index in [1.165, 1.54) is 38.5 Å². The van der Waals surface area contributed by atoms with Crippen LogP contribution in [0.2, 0.25) is 0 Å². The molecule has 0 spiro atoms. The Morgan fingerprint density at radius 1 is 1.41 bits per heavy atom. The summed E-state index contributed by atoms with van der Waals surface area (Å²) in [5.74, 6) is 0. The second-order valence-corrected chi connectivity index (χ2v) is 6.71. The molecule has 1 heterocycles. The third-order valence-electron chi connectivity index (χ3n) is 3.00. The molecule has 1 aromatic heterocycles. The molecule has 0 aliphatic heterocycles. The van der Waals surface area contributed by atoms with E-state index >= 15 is 0 Å². The maximum Gasteiger partial charge on any atom is 0.308 e.